The minimum atomic E-state index is -0.447. The zero-order chi connectivity index (χ0) is 17.2. The standard InChI is InChI=1S/C16H24ClN3O3/c1-2-9-19(10-4-3-5-16(18)21)11-8-13-6-7-14(20(22)23)12-15(13)17/h6-7,12H,2-5,8-11H2,1H3,(H2,18,21). The minimum Gasteiger partial charge on any atom is -0.370 e. The SMILES string of the molecule is CCCN(CCCCC(N)=O)CCc1ccc([N+](=O)[O-])cc1Cl. The Hall–Kier alpha value is -1.66. The number of unbranched alkanes of at least 4 members (excludes halogenated alkanes) is 1. The van der Waals surface area contributed by atoms with E-state index in [9.17, 15) is 14.9 Å². The summed E-state index contributed by atoms with van der Waals surface area (Å²) in [6, 6.07) is 4.60. The zero-order valence-corrected chi connectivity index (χ0v) is 14.2. The van der Waals surface area contributed by atoms with Crippen molar-refractivity contribution in [3.63, 3.8) is 0 Å². The van der Waals surface area contributed by atoms with Crippen LogP contribution < -0.4 is 5.73 Å². The Bertz CT molecular complexity index is 537. The van der Waals surface area contributed by atoms with E-state index < -0.39 is 4.92 Å². The van der Waals surface area contributed by atoms with Crippen LogP contribution in [0.5, 0.6) is 0 Å². The smallest absolute Gasteiger partial charge is 0.270 e. The van der Waals surface area contributed by atoms with Gasteiger partial charge in [-0.15, -0.1) is 0 Å². The van der Waals surface area contributed by atoms with Crippen LogP contribution >= 0.6 is 11.6 Å². The van der Waals surface area contributed by atoms with Gasteiger partial charge in [0.1, 0.15) is 0 Å². The van der Waals surface area contributed by atoms with E-state index in [2.05, 4.69) is 11.8 Å². The van der Waals surface area contributed by atoms with E-state index in [-0.39, 0.29) is 11.6 Å². The monoisotopic (exact) mass is 341 g/mol. The molecule has 0 atom stereocenters. The summed E-state index contributed by atoms with van der Waals surface area (Å²) >= 11 is 6.12. The molecule has 0 saturated heterocycles. The van der Waals surface area contributed by atoms with Crippen LogP contribution in [0, 0.1) is 10.1 Å². The predicted molar refractivity (Wildman–Crippen MR) is 91.6 cm³/mol. The molecule has 6 nitrogen and oxygen atoms in total. The molecule has 0 bridgehead atoms. The van der Waals surface area contributed by atoms with Crippen LogP contribution in [0.15, 0.2) is 18.2 Å². The van der Waals surface area contributed by atoms with Crippen molar-refractivity contribution < 1.29 is 9.72 Å². The first-order chi connectivity index (χ1) is 10.9. The molecule has 0 aromatic heterocycles. The van der Waals surface area contributed by atoms with Gasteiger partial charge in [0.2, 0.25) is 5.91 Å². The Morgan fingerprint density at radius 3 is 2.61 bits per heavy atom. The number of nitro benzene ring substituents is 1. The maximum Gasteiger partial charge on any atom is 0.270 e. The lowest BCUT2D eigenvalue weighted by Gasteiger charge is -2.21. The molecule has 0 aliphatic rings. The highest BCUT2D eigenvalue weighted by Gasteiger charge is 2.11. The number of nitro groups is 1. The first-order valence-electron chi connectivity index (χ1n) is 7.87. The van der Waals surface area contributed by atoms with E-state index in [1.807, 2.05) is 0 Å². The molecular weight excluding hydrogens is 318 g/mol. The molecule has 7 heteroatoms. The van der Waals surface area contributed by atoms with E-state index in [1.54, 1.807) is 6.07 Å². The van der Waals surface area contributed by atoms with Crippen molar-refractivity contribution in [1.29, 1.82) is 0 Å². The number of non-ortho nitro benzene ring substituents is 1. The Labute approximate surface area is 141 Å². The molecule has 1 rings (SSSR count). The van der Waals surface area contributed by atoms with Crippen LogP contribution in [0.25, 0.3) is 0 Å². The number of carbonyl (C=O) groups excluding carboxylic acids is 1. The number of hydrogen-bond acceptors (Lipinski definition) is 4. The van der Waals surface area contributed by atoms with Crippen molar-refractivity contribution in [2.75, 3.05) is 19.6 Å². The maximum absolute atomic E-state index is 10.7. The van der Waals surface area contributed by atoms with Crippen molar-refractivity contribution in [2.24, 2.45) is 5.73 Å². The zero-order valence-electron chi connectivity index (χ0n) is 13.5. The molecule has 0 aliphatic heterocycles. The molecule has 0 aliphatic carbocycles. The van der Waals surface area contributed by atoms with Gasteiger partial charge < -0.3 is 10.6 Å². The summed E-state index contributed by atoms with van der Waals surface area (Å²) in [7, 11) is 0. The second-order valence-electron chi connectivity index (χ2n) is 5.55. The minimum absolute atomic E-state index is 0.00983. The number of halogens is 1. The highest BCUT2D eigenvalue weighted by atomic mass is 35.5. The molecule has 1 aromatic carbocycles. The summed E-state index contributed by atoms with van der Waals surface area (Å²) in [5.74, 6) is -0.260. The van der Waals surface area contributed by atoms with Crippen molar-refractivity contribution in [3.05, 3.63) is 38.9 Å². The van der Waals surface area contributed by atoms with Gasteiger partial charge in [0.05, 0.1) is 9.95 Å². The maximum atomic E-state index is 10.7. The lowest BCUT2D eigenvalue weighted by Crippen LogP contribution is -2.28. The summed E-state index contributed by atoms with van der Waals surface area (Å²) in [4.78, 5) is 23.3. The number of nitrogens with zero attached hydrogens (tertiary/aromatic N) is 2. The van der Waals surface area contributed by atoms with E-state index >= 15 is 0 Å². The number of benzene rings is 1. The lowest BCUT2D eigenvalue weighted by atomic mass is 10.1. The van der Waals surface area contributed by atoms with Crippen LogP contribution in [0.3, 0.4) is 0 Å². The van der Waals surface area contributed by atoms with Gasteiger partial charge in [0.25, 0.3) is 5.69 Å². The van der Waals surface area contributed by atoms with Gasteiger partial charge in [0.15, 0.2) is 0 Å². The summed E-state index contributed by atoms with van der Waals surface area (Å²) in [6.45, 7) is 4.84. The quantitative estimate of drug-likeness (QED) is 0.380. The second-order valence-corrected chi connectivity index (χ2v) is 5.96. The lowest BCUT2D eigenvalue weighted by molar-refractivity contribution is -0.384. The van der Waals surface area contributed by atoms with E-state index in [4.69, 9.17) is 17.3 Å². The number of amides is 1. The molecule has 1 amide bonds. The highest BCUT2D eigenvalue weighted by Crippen LogP contribution is 2.23. The fourth-order valence-electron chi connectivity index (χ4n) is 2.42. The van der Waals surface area contributed by atoms with Gasteiger partial charge in [-0.25, -0.2) is 0 Å². The molecule has 0 spiro atoms. The van der Waals surface area contributed by atoms with Crippen LogP contribution in [-0.4, -0.2) is 35.4 Å². The first kappa shape index (κ1) is 19.4. The fourth-order valence-corrected chi connectivity index (χ4v) is 2.69. The van der Waals surface area contributed by atoms with Crippen LogP contribution in [0.4, 0.5) is 5.69 Å². The number of carbonyl (C=O) groups is 1. The Morgan fingerprint density at radius 2 is 2.04 bits per heavy atom. The third-order valence-electron chi connectivity index (χ3n) is 3.63. The molecule has 0 saturated carbocycles. The summed E-state index contributed by atoms with van der Waals surface area (Å²) < 4.78 is 0. The molecule has 23 heavy (non-hydrogen) atoms. The Balaban J connectivity index is 2.51. The number of rotatable bonds is 11. The van der Waals surface area contributed by atoms with Crippen LogP contribution in [-0.2, 0) is 11.2 Å². The second kappa shape index (κ2) is 10.2. The molecule has 1 aromatic rings. The van der Waals surface area contributed by atoms with Gasteiger partial charge in [0, 0.05) is 25.1 Å². The van der Waals surface area contributed by atoms with E-state index in [0.717, 1.165) is 50.9 Å². The molecule has 128 valence electrons. The molecule has 0 fully saturated rings. The Morgan fingerprint density at radius 1 is 1.30 bits per heavy atom. The van der Waals surface area contributed by atoms with Gasteiger partial charge in [-0.3, -0.25) is 14.9 Å². The summed E-state index contributed by atoms with van der Waals surface area (Å²) in [6.07, 6.45) is 3.94. The third-order valence-corrected chi connectivity index (χ3v) is 3.98. The fraction of sp³-hybridized carbons (Fsp3) is 0.562. The number of hydrogen-bond donors (Lipinski definition) is 1. The van der Waals surface area contributed by atoms with E-state index in [1.165, 1.54) is 12.1 Å². The van der Waals surface area contributed by atoms with E-state index in [0.29, 0.717) is 11.4 Å². The summed E-state index contributed by atoms with van der Waals surface area (Å²) in [5, 5.41) is 11.2. The first-order valence-corrected chi connectivity index (χ1v) is 8.25. The number of nitrogens with two attached hydrogens (primary N) is 1. The largest absolute Gasteiger partial charge is 0.370 e. The molecular formula is C16H24ClN3O3. The average Bonchev–Trinajstić information content (AvgIpc) is 2.49. The van der Waals surface area contributed by atoms with Crippen molar-refractivity contribution in [1.82, 2.24) is 4.90 Å². The van der Waals surface area contributed by atoms with Gasteiger partial charge in [-0.1, -0.05) is 24.6 Å². The molecule has 2 N–H and O–H groups in total. The van der Waals surface area contributed by atoms with Crippen molar-refractivity contribution in [3.8, 4) is 0 Å². The highest BCUT2D eigenvalue weighted by molar-refractivity contribution is 6.31. The van der Waals surface area contributed by atoms with Crippen molar-refractivity contribution in [2.45, 2.75) is 39.0 Å². The third kappa shape index (κ3) is 7.43. The molecule has 0 heterocycles. The normalized spacial score (nSPS) is 10.9. The van der Waals surface area contributed by atoms with Crippen LogP contribution in [0.2, 0.25) is 5.02 Å². The topological polar surface area (TPSA) is 89.5 Å². The number of primary amides is 1. The van der Waals surface area contributed by atoms with Crippen molar-refractivity contribution >= 4 is 23.2 Å². The average molecular weight is 342 g/mol. The summed E-state index contributed by atoms with van der Waals surface area (Å²) in [5.41, 5.74) is 6.06. The molecule has 0 unspecified atom stereocenters. The van der Waals surface area contributed by atoms with Gasteiger partial charge in [-0.05, 0) is 44.3 Å². The molecule has 0 radical (unpaired) electrons. The van der Waals surface area contributed by atoms with Gasteiger partial charge >= 0.3 is 0 Å². The van der Waals surface area contributed by atoms with Gasteiger partial charge in [-0.2, -0.15) is 0 Å². The van der Waals surface area contributed by atoms with Crippen LogP contribution in [0.1, 0.15) is 38.2 Å². The Kier molecular flexibility index (Phi) is 8.58. The predicted octanol–water partition coefficient (Wildman–Crippen LogP) is 3.16.